The summed E-state index contributed by atoms with van der Waals surface area (Å²) in [7, 11) is 0. The number of ether oxygens (including phenoxy) is 1. The minimum atomic E-state index is 0.155. The van der Waals surface area contributed by atoms with Gasteiger partial charge < -0.3 is 20.1 Å². The molecule has 1 unspecified atom stereocenters. The molecule has 0 radical (unpaired) electrons. The van der Waals surface area contributed by atoms with E-state index in [1.165, 1.54) is 19.3 Å². The highest BCUT2D eigenvalue weighted by Gasteiger charge is 2.25. The SMILES string of the molecule is OCC1CCCN1c1cc(NCc2ccnc(OC3CCCCC3)c2)ncn1. The average molecular weight is 383 g/mol. The number of nitrogens with one attached hydrogen (secondary N) is 1. The van der Waals surface area contributed by atoms with Crippen molar-refractivity contribution < 1.29 is 9.84 Å². The lowest BCUT2D eigenvalue weighted by Gasteiger charge is -2.24. The molecule has 1 aliphatic carbocycles. The minimum absolute atomic E-state index is 0.155. The lowest BCUT2D eigenvalue weighted by Crippen LogP contribution is -2.32. The number of aliphatic hydroxyl groups excluding tert-OH is 1. The molecule has 2 aliphatic rings. The Kier molecular flexibility index (Phi) is 6.21. The van der Waals surface area contributed by atoms with Gasteiger partial charge in [-0.2, -0.15) is 0 Å². The van der Waals surface area contributed by atoms with Crippen molar-refractivity contribution in [3.05, 3.63) is 36.3 Å². The summed E-state index contributed by atoms with van der Waals surface area (Å²) in [4.78, 5) is 15.3. The van der Waals surface area contributed by atoms with Gasteiger partial charge in [-0.3, -0.25) is 0 Å². The van der Waals surface area contributed by atoms with E-state index in [4.69, 9.17) is 4.74 Å². The number of anilines is 2. The lowest BCUT2D eigenvalue weighted by atomic mass is 9.98. The quantitative estimate of drug-likeness (QED) is 0.760. The third kappa shape index (κ3) is 4.70. The van der Waals surface area contributed by atoms with E-state index in [2.05, 4.69) is 25.2 Å². The second kappa shape index (κ2) is 9.19. The first-order chi connectivity index (χ1) is 13.8. The van der Waals surface area contributed by atoms with Crippen molar-refractivity contribution in [3.63, 3.8) is 0 Å². The maximum Gasteiger partial charge on any atom is 0.213 e. The van der Waals surface area contributed by atoms with Crippen molar-refractivity contribution in [2.75, 3.05) is 23.4 Å². The zero-order valence-electron chi connectivity index (χ0n) is 16.3. The molecule has 0 amide bonds. The number of rotatable bonds is 7. The van der Waals surface area contributed by atoms with Crippen LogP contribution >= 0.6 is 0 Å². The molecular formula is C21H29N5O2. The van der Waals surface area contributed by atoms with Gasteiger partial charge in [0.15, 0.2) is 0 Å². The highest BCUT2D eigenvalue weighted by atomic mass is 16.5. The summed E-state index contributed by atoms with van der Waals surface area (Å²) < 4.78 is 6.06. The van der Waals surface area contributed by atoms with Gasteiger partial charge in [0, 0.05) is 31.4 Å². The maximum atomic E-state index is 9.54. The fourth-order valence-electron chi connectivity index (χ4n) is 4.10. The number of pyridine rings is 1. The van der Waals surface area contributed by atoms with Crippen molar-refractivity contribution in [2.45, 2.75) is 63.6 Å². The highest BCUT2D eigenvalue weighted by molar-refractivity contribution is 5.50. The Labute approximate surface area is 166 Å². The van der Waals surface area contributed by atoms with Crippen molar-refractivity contribution in [2.24, 2.45) is 0 Å². The molecule has 2 N–H and O–H groups in total. The topological polar surface area (TPSA) is 83.4 Å². The van der Waals surface area contributed by atoms with Gasteiger partial charge in [0.25, 0.3) is 0 Å². The second-order valence-corrected chi connectivity index (χ2v) is 7.67. The van der Waals surface area contributed by atoms with Crippen LogP contribution in [0.3, 0.4) is 0 Å². The van der Waals surface area contributed by atoms with E-state index < -0.39 is 0 Å². The van der Waals surface area contributed by atoms with Gasteiger partial charge in [-0.05, 0) is 50.2 Å². The molecule has 28 heavy (non-hydrogen) atoms. The first-order valence-corrected chi connectivity index (χ1v) is 10.4. The molecule has 0 bridgehead atoms. The summed E-state index contributed by atoms with van der Waals surface area (Å²) in [6, 6.07) is 6.11. The summed E-state index contributed by atoms with van der Waals surface area (Å²) in [6.45, 7) is 1.73. The van der Waals surface area contributed by atoms with Crippen LogP contribution < -0.4 is 15.0 Å². The fraction of sp³-hybridized carbons (Fsp3) is 0.571. The number of hydrogen-bond donors (Lipinski definition) is 2. The van der Waals surface area contributed by atoms with Gasteiger partial charge >= 0.3 is 0 Å². The predicted molar refractivity (Wildman–Crippen MR) is 109 cm³/mol. The molecule has 2 fully saturated rings. The van der Waals surface area contributed by atoms with E-state index in [1.54, 1.807) is 12.5 Å². The first kappa shape index (κ1) is 18.9. The lowest BCUT2D eigenvalue weighted by molar-refractivity contribution is 0.148. The van der Waals surface area contributed by atoms with Crippen molar-refractivity contribution >= 4 is 11.6 Å². The predicted octanol–water partition coefficient (Wildman–Crippen LogP) is 3.16. The van der Waals surface area contributed by atoms with Gasteiger partial charge in [0.2, 0.25) is 5.88 Å². The molecule has 1 saturated heterocycles. The van der Waals surface area contributed by atoms with Crippen LogP contribution in [0.2, 0.25) is 0 Å². The van der Waals surface area contributed by atoms with Crippen LogP contribution in [-0.4, -0.2) is 45.4 Å². The Hall–Kier alpha value is -2.41. The zero-order chi connectivity index (χ0) is 19.2. The first-order valence-electron chi connectivity index (χ1n) is 10.4. The van der Waals surface area contributed by atoms with Gasteiger partial charge in [0.05, 0.1) is 12.6 Å². The summed E-state index contributed by atoms with van der Waals surface area (Å²) >= 11 is 0. The summed E-state index contributed by atoms with van der Waals surface area (Å²) in [5.74, 6) is 2.35. The standard InChI is InChI=1S/C21H29N5O2/c27-14-17-5-4-10-26(17)20-12-19(24-15-25-20)23-13-16-8-9-22-21(11-16)28-18-6-2-1-3-7-18/h8-9,11-12,15,17-18,27H,1-7,10,13-14H2,(H,23,24,25). The van der Waals surface area contributed by atoms with E-state index >= 15 is 0 Å². The molecule has 1 atom stereocenters. The monoisotopic (exact) mass is 383 g/mol. The molecule has 1 aliphatic heterocycles. The van der Waals surface area contributed by atoms with Gasteiger partial charge in [-0.25, -0.2) is 15.0 Å². The van der Waals surface area contributed by atoms with Crippen molar-refractivity contribution in [1.82, 2.24) is 15.0 Å². The van der Waals surface area contributed by atoms with Gasteiger partial charge in [0.1, 0.15) is 24.1 Å². The zero-order valence-corrected chi connectivity index (χ0v) is 16.3. The van der Waals surface area contributed by atoms with E-state index in [-0.39, 0.29) is 12.6 Å². The number of aromatic nitrogens is 3. The molecule has 7 nitrogen and oxygen atoms in total. The highest BCUT2D eigenvalue weighted by Crippen LogP contribution is 2.25. The molecule has 0 spiro atoms. The third-order valence-corrected chi connectivity index (χ3v) is 5.65. The molecule has 1 saturated carbocycles. The number of hydrogen-bond acceptors (Lipinski definition) is 7. The Bertz CT molecular complexity index is 766. The molecular weight excluding hydrogens is 354 g/mol. The van der Waals surface area contributed by atoms with Crippen molar-refractivity contribution in [3.8, 4) is 5.88 Å². The fourth-order valence-corrected chi connectivity index (χ4v) is 4.10. The third-order valence-electron chi connectivity index (χ3n) is 5.65. The maximum absolute atomic E-state index is 9.54. The second-order valence-electron chi connectivity index (χ2n) is 7.67. The van der Waals surface area contributed by atoms with Crippen LogP contribution in [0.4, 0.5) is 11.6 Å². The van der Waals surface area contributed by atoms with Crippen LogP contribution in [0, 0.1) is 0 Å². The normalized spacial score (nSPS) is 20.3. The molecule has 4 rings (SSSR count). The smallest absolute Gasteiger partial charge is 0.213 e. The summed E-state index contributed by atoms with van der Waals surface area (Å²) in [5.41, 5.74) is 1.11. The molecule has 150 valence electrons. The number of nitrogens with zero attached hydrogens (tertiary/aromatic N) is 4. The van der Waals surface area contributed by atoms with E-state index in [1.807, 2.05) is 18.2 Å². The van der Waals surface area contributed by atoms with Gasteiger partial charge in [-0.1, -0.05) is 6.42 Å². The molecule has 7 heteroatoms. The molecule has 2 aromatic rings. The van der Waals surface area contributed by atoms with Crippen LogP contribution in [0.25, 0.3) is 0 Å². The summed E-state index contributed by atoms with van der Waals surface area (Å²) in [5, 5.41) is 12.9. The Morgan fingerprint density at radius 3 is 2.82 bits per heavy atom. The van der Waals surface area contributed by atoms with Crippen molar-refractivity contribution in [1.29, 1.82) is 0 Å². The largest absolute Gasteiger partial charge is 0.474 e. The Morgan fingerprint density at radius 1 is 1.07 bits per heavy atom. The Morgan fingerprint density at radius 2 is 1.96 bits per heavy atom. The average Bonchev–Trinajstić information content (AvgIpc) is 3.23. The van der Waals surface area contributed by atoms with Crippen LogP contribution in [-0.2, 0) is 6.54 Å². The van der Waals surface area contributed by atoms with E-state index in [0.29, 0.717) is 18.5 Å². The minimum Gasteiger partial charge on any atom is -0.474 e. The summed E-state index contributed by atoms with van der Waals surface area (Å²) in [6.07, 6.45) is 11.8. The van der Waals surface area contributed by atoms with E-state index in [0.717, 1.165) is 49.4 Å². The molecule has 3 heterocycles. The van der Waals surface area contributed by atoms with E-state index in [9.17, 15) is 5.11 Å². The van der Waals surface area contributed by atoms with Crippen LogP contribution in [0.5, 0.6) is 5.88 Å². The van der Waals surface area contributed by atoms with Gasteiger partial charge in [-0.15, -0.1) is 0 Å². The van der Waals surface area contributed by atoms with Crippen LogP contribution in [0.1, 0.15) is 50.5 Å². The van der Waals surface area contributed by atoms with Crippen LogP contribution in [0.15, 0.2) is 30.7 Å². The Balaban J connectivity index is 1.36. The molecule has 2 aromatic heterocycles. The number of aliphatic hydroxyl groups is 1. The molecule has 0 aromatic carbocycles.